The zero-order valence-corrected chi connectivity index (χ0v) is 12.9. The number of benzene rings is 1. The summed E-state index contributed by atoms with van der Waals surface area (Å²) in [5.74, 6) is 0.676. The fourth-order valence-electron chi connectivity index (χ4n) is 1.82. The number of methoxy groups -OCH3 is 1. The number of aromatic nitrogens is 1. The highest BCUT2D eigenvalue weighted by molar-refractivity contribution is 7.91. The summed E-state index contributed by atoms with van der Waals surface area (Å²) in [6.07, 6.45) is 1.69. The van der Waals surface area contributed by atoms with Crippen molar-refractivity contribution in [2.45, 2.75) is 18.4 Å². The Labute approximate surface area is 124 Å². The summed E-state index contributed by atoms with van der Waals surface area (Å²) in [4.78, 5) is 4.39. The number of sulfone groups is 1. The van der Waals surface area contributed by atoms with E-state index in [4.69, 9.17) is 4.74 Å². The summed E-state index contributed by atoms with van der Waals surface area (Å²) < 4.78 is 28.5. The van der Waals surface area contributed by atoms with Crippen molar-refractivity contribution in [1.29, 1.82) is 0 Å². The molecule has 21 heavy (non-hydrogen) atoms. The van der Waals surface area contributed by atoms with Gasteiger partial charge in [0.05, 0.1) is 17.8 Å². The molecule has 0 aliphatic heterocycles. The highest BCUT2D eigenvalue weighted by Gasteiger charge is 2.10. The van der Waals surface area contributed by atoms with Crippen LogP contribution in [0.15, 0.2) is 47.5 Å². The number of nitrogens with zero attached hydrogens (tertiary/aromatic N) is 1. The first kappa shape index (κ1) is 15.3. The summed E-state index contributed by atoms with van der Waals surface area (Å²) in [6.45, 7) is 2.25. The maximum atomic E-state index is 11.7. The molecule has 5 nitrogen and oxygen atoms in total. The summed E-state index contributed by atoms with van der Waals surface area (Å²) in [6, 6.07) is 10.5. The van der Waals surface area contributed by atoms with Crippen LogP contribution >= 0.6 is 0 Å². The maximum Gasteiger partial charge on any atom is 0.213 e. The largest absolute Gasteiger partial charge is 0.481 e. The highest BCUT2D eigenvalue weighted by atomic mass is 32.2. The Hall–Kier alpha value is -2.08. The second-order valence-electron chi connectivity index (χ2n) is 4.49. The van der Waals surface area contributed by atoms with E-state index in [1.54, 1.807) is 44.5 Å². The average molecular weight is 306 g/mol. The van der Waals surface area contributed by atoms with Gasteiger partial charge >= 0.3 is 0 Å². The quantitative estimate of drug-likeness (QED) is 0.888. The number of ether oxygens (including phenoxy) is 1. The first-order valence-electron chi connectivity index (χ1n) is 6.61. The normalized spacial score (nSPS) is 11.1. The van der Waals surface area contributed by atoms with Crippen molar-refractivity contribution in [3.05, 3.63) is 48.2 Å². The van der Waals surface area contributed by atoms with E-state index in [0.717, 1.165) is 11.3 Å². The van der Waals surface area contributed by atoms with E-state index in [2.05, 4.69) is 10.3 Å². The predicted octanol–water partition coefficient (Wildman–Crippen LogP) is 2.50. The molecule has 1 aromatic heterocycles. The molecule has 1 heterocycles. The van der Waals surface area contributed by atoms with Gasteiger partial charge in [-0.15, -0.1) is 0 Å². The molecule has 2 aromatic rings. The molecule has 0 spiro atoms. The second-order valence-corrected chi connectivity index (χ2v) is 6.77. The Kier molecular flexibility index (Phi) is 4.80. The molecule has 0 bridgehead atoms. The average Bonchev–Trinajstić information content (AvgIpc) is 2.53. The molecule has 0 atom stereocenters. The van der Waals surface area contributed by atoms with E-state index in [1.807, 2.05) is 12.1 Å². The molecular formula is C15H18N2O3S. The lowest BCUT2D eigenvalue weighted by Crippen LogP contribution is -2.04. The summed E-state index contributed by atoms with van der Waals surface area (Å²) >= 11 is 0. The Morgan fingerprint density at radius 2 is 1.90 bits per heavy atom. The molecular weight excluding hydrogens is 288 g/mol. The van der Waals surface area contributed by atoms with Crippen LogP contribution in [-0.4, -0.2) is 26.3 Å². The number of rotatable bonds is 6. The molecule has 1 N–H and O–H groups in total. The minimum Gasteiger partial charge on any atom is -0.481 e. The molecule has 112 valence electrons. The summed E-state index contributed by atoms with van der Waals surface area (Å²) in [7, 11) is -1.57. The fraction of sp³-hybridized carbons (Fsp3) is 0.267. The van der Waals surface area contributed by atoms with Crippen LogP contribution in [0.1, 0.15) is 12.5 Å². The number of anilines is 1. The third-order valence-electron chi connectivity index (χ3n) is 3.10. The van der Waals surface area contributed by atoms with E-state index >= 15 is 0 Å². The van der Waals surface area contributed by atoms with Gasteiger partial charge in [-0.05, 0) is 35.9 Å². The van der Waals surface area contributed by atoms with Crippen molar-refractivity contribution in [3.8, 4) is 5.88 Å². The van der Waals surface area contributed by atoms with Gasteiger partial charge in [0.2, 0.25) is 5.88 Å². The van der Waals surface area contributed by atoms with Gasteiger partial charge in [-0.25, -0.2) is 13.4 Å². The van der Waals surface area contributed by atoms with Gasteiger partial charge < -0.3 is 10.1 Å². The smallest absolute Gasteiger partial charge is 0.213 e. The molecule has 2 rings (SSSR count). The van der Waals surface area contributed by atoms with E-state index in [9.17, 15) is 8.42 Å². The van der Waals surface area contributed by atoms with Crippen LogP contribution in [0.5, 0.6) is 5.88 Å². The Bertz CT molecular complexity index is 697. The van der Waals surface area contributed by atoms with Gasteiger partial charge in [-0.3, -0.25) is 0 Å². The zero-order chi connectivity index (χ0) is 15.3. The molecule has 0 amide bonds. The molecule has 0 saturated heterocycles. The molecule has 0 aliphatic carbocycles. The maximum absolute atomic E-state index is 11.7. The van der Waals surface area contributed by atoms with Crippen LogP contribution in [0, 0.1) is 0 Å². The van der Waals surface area contributed by atoms with Crippen molar-refractivity contribution >= 4 is 15.5 Å². The lowest BCUT2D eigenvalue weighted by atomic mass is 10.2. The minimum absolute atomic E-state index is 0.108. The number of hydrogen-bond donors (Lipinski definition) is 1. The van der Waals surface area contributed by atoms with E-state index in [0.29, 0.717) is 17.3 Å². The van der Waals surface area contributed by atoms with E-state index in [1.165, 1.54) is 0 Å². The molecule has 0 aliphatic rings. The van der Waals surface area contributed by atoms with Gasteiger partial charge in [0, 0.05) is 24.5 Å². The first-order valence-corrected chi connectivity index (χ1v) is 8.26. The van der Waals surface area contributed by atoms with E-state index < -0.39 is 9.84 Å². The Balaban J connectivity index is 2.04. The van der Waals surface area contributed by atoms with Crippen LogP contribution in [0.4, 0.5) is 5.69 Å². The van der Waals surface area contributed by atoms with Crippen LogP contribution in [0.2, 0.25) is 0 Å². The van der Waals surface area contributed by atoms with Crippen LogP contribution in [0.25, 0.3) is 0 Å². The Morgan fingerprint density at radius 1 is 1.19 bits per heavy atom. The molecule has 0 radical (unpaired) electrons. The summed E-state index contributed by atoms with van der Waals surface area (Å²) in [5.41, 5.74) is 1.90. The van der Waals surface area contributed by atoms with Crippen molar-refractivity contribution in [2.24, 2.45) is 0 Å². The van der Waals surface area contributed by atoms with Crippen LogP contribution in [-0.2, 0) is 16.4 Å². The van der Waals surface area contributed by atoms with Crippen LogP contribution in [0.3, 0.4) is 0 Å². The number of nitrogens with one attached hydrogen (secondary N) is 1. The molecule has 0 unspecified atom stereocenters. The topological polar surface area (TPSA) is 68.3 Å². The fourth-order valence-corrected chi connectivity index (χ4v) is 2.71. The summed E-state index contributed by atoms with van der Waals surface area (Å²) in [5, 5.41) is 3.23. The molecule has 1 aromatic carbocycles. The van der Waals surface area contributed by atoms with Crippen LogP contribution < -0.4 is 10.1 Å². The lowest BCUT2D eigenvalue weighted by molar-refractivity contribution is 0.397. The van der Waals surface area contributed by atoms with Gasteiger partial charge in [0.15, 0.2) is 9.84 Å². The second kappa shape index (κ2) is 6.58. The van der Waals surface area contributed by atoms with Gasteiger partial charge in [-0.2, -0.15) is 0 Å². The SMILES string of the molecule is CCS(=O)(=O)c1ccc(NCc2ccnc(OC)c2)cc1. The first-order chi connectivity index (χ1) is 10.0. The number of hydrogen-bond acceptors (Lipinski definition) is 5. The monoisotopic (exact) mass is 306 g/mol. The molecule has 0 fully saturated rings. The third-order valence-corrected chi connectivity index (χ3v) is 4.85. The predicted molar refractivity (Wildman–Crippen MR) is 82.3 cm³/mol. The lowest BCUT2D eigenvalue weighted by Gasteiger charge is -2.08. The van der Waals surface area contributed by atoms with Crippen molar-refractivity contribution in [2.75, 3.05) is 18.2 Å². The van der Waals surface area contributed by atoms with E-state index in [-0.39, 0.29) is 5.75 Å². The molecule has 6 heteroatoms. The zero-order valence-electron chi connectivity index (χ0n) is 12.0. The highest BCUT2D eigenvalue weighted by Crippen LogP contribution is 2.16. The van der Waals surface area contributed by atoms with Gasteiger partial charge in [0.1, 0.15) is 0 Å². The van der Waals surface area contributed by atoms with Gasteiger partial charge in [0.25, 0.3) is 0 Å². The van der Waals surface area contributed by atoms with Crippen molar-refractivity contribution in [1.82, 2.24) is 4.98 Å². The standard InChI is InChI=1S/C15H18N2O3S/c1-3-21(18,19)14-6-4-13(5-7-14)17-11-12-8-9-16-15(10-12)20-2/h4-10,17H,3,11H2,1-2H3. The van der Waals surface area contributed by atoms with Crippen molar-refractivity contribution < 1.29 is 13.2 Å². The number of pyridine rings is 1. The van der Waals surface area contributed by atoms with Crippen molar-refractivity contribution in [3.63, 3.8) is 0 Å². The Morgan fingerprint density at radius 3 is 2.52 bits per heavy atom. The van der Waals surface area contributed by atoms with Gasteiger partial charge in [-0.1, -0.05) is 6.92 Å². The third kappa shape index (κ3) is 3.95. The minimum atomic E-state index is -3.14. The molecule has 0 saturated carbocycles.